The molecule has 20 heavy (non-hydrogen) atoms. The molecule has 1 aliphatic heterocycles. The minimum Gasteiger partial charge on any atom is -0.478 e. The Morgan fingerprint density at radius 3 is 2.90 bits per heavy atom. The zero-order chi connectivity index (χ0) is 14.5. The molecule has 1 N–H and O–H groups in total. The van der Waals surface area contributed by atoms with Crippen LogP contribution in [-0.4, -0.2) is 23.7 Å². The van der Waals surface area contributed by atoms with Crippen molar-refractivity contribution in [3.05, 3.63) is 29.3 Å². The summed E-state index contributed by atoms with van der Waals surface area (Å²) < 4.78 is 0. The Morgan fingerprint density at radius 1 is 1.45 bits per heavy atom. The number of nitriles is 1. The lowest BCUT2D eigenvalue weighted by atomic mass is 10.0. The van der Waals surface area contributed by atoms with E-state index in [-0.39, 0.29) is 5.56 Å². The lowest BCUT2D eigenvalue weighted by Gasteiger charge is -2.32. The second kappa shape index (κ2) is 6.42. The highest BCUT2D eigenvalue weighted by molar-refractivity contribution is 5.89. The molecule has 1 aromatic rings. The van der Waals surface area contributed by atoms with Crippen LogP contribution in [0.15, 0.2) is 18.2 Å². The van der Waals surface area contributed by atoms with Gasteiger partial charge in [-0.05, 0) is 37.5 Å². The van der Waals surface area contributed by atoms with Crippen molar-refractivity contribution < 1.29 is 9.90 Å². The van der Waals surface area contributed by atoms with E-state index >= 15 is 0 Å². The van der Waals surface area contributed by atoms with E-state index in [1.54, 1.807) is 12.1 Å². The topological polar surface area (TPSA) is 64.3 Å². The molecule has 0 saturated carbocycles. The van der Waals surface area contributed by atoms with Crippen molar-refractivity contribution in [3.63, 3.8) is 0 Å². The first kappa shape index (κ1) is 14.4. The number of hydrogen-bond acceptors (Lipinski definition) is 3. The van der Waals surface area contributed by atoms with E-state index in [1.807, 2.05) is 0 Å². The van der Waals surface area contributed by atoms with Crippen molar-refractivity contribution in [1.82, 2.24) is 0 Å². The zero-order valence-corrected chi connectivity index (χ0v) is 11.8. The van der Waals surface area contributed by atoms with E-state index in [0.717, 1.165) is 31.5 Å². The van der Waals surface area contributed by atoms with Crippen molar-refractivity contribution in [1.29, 1.82) is 5.26 Å². The number of carboxylic acid groups (broad SMARTS) is 1. The van der Waals surface area contributed by atoms with Gasteiger partial charge in [-0.25, -0.2) is 4.79 Å². The lowest BCUT2D eigenvalue weighted by molar-refractivity contribution is 0.0697. The summed E-state index contributed by atoms with van der Waals surface area (Å²) in [5.41, 5.74) is 1.52. The molecule has 1 heterocycles. The first-order valence-electron chi connectivity index (χ1n) is 7.21. The van der Waals surface area contributed by atoms with Gasteiger partial charge in [0.2, 0.25) is 0 Å². The third-order valence-corrected chi connectivity index (χ3v) is 4.02. The van der Waals surface area contributed by atoms with Gasteiger partial charge in [0.25, 0.3) is 0 Å². The molecule has 0 radical (unpaired) electrons. The molecule has 1 saturated heterocycles. The van der Waals surface area contributed by atoms with E-state index in [4.69, 9.17) is 5.11 Å². The zero-order valence-electron chi connectivity index (χ0n) is 11.8. The predicted octanol–water partition coefficient (Wildman–Crippen LogP) is 3.42. The summed E-state index contributed by atoms with van der Waals surface area (Å²) in [7, 11) is 0. The number of rotatable bonds is 3. The highest BCUT2D eigenvalue weighted by Crippen LogP contribution is 2.29. The Morgan fingerprint density at radius 2 is 2.25 bits per heavy atom. The van der Waals surface area contributed by atoms with E-state index in [0.29, 0.717) is 11.6 Å². The van der Waals surface area contributed by atoms with Crippen LogP contribution in [0.3, 0.4) is 0 Å². The third kappa shape index (κ3) is 2.93. The molecule has 0 bridgehead atoms. The maximum Gasteiger partial charge on any atom is 0.335 e. The highest BCUT2D eigenvalue weighted by atomic mass is 16.4. The molecule has 1 aromatic carbocycles. The van der Waals surface area contributed by atoms with Gasteiger partial charge in [0.1, 0.15) is 6.07 Å². The summed E-state index contributed by atoms with van der Waals surface area (Å²) >= 11 is 0. The number of carboxylic acids is 1. The largest absolute Gasteiger partial charge is 0.478 e. The van der Waals surface area contributed by atoms with Crippen molar-refractivity contribution in [2.75, 3.05) is 11.4 Å². The van der Waals surface area contributed by atoms with Crippen LogP contribution in [0.25, 0.3) is 0 Å². The maximum absolute atomic E-state index is 11.0. The van der Waals surface area contributed by atoms with Crippen LogP contribution in [0.1, 0.15) is 54.9 Å². The van der Waals surface area contributed by atoms with E-state index in [9.17, 15) is 10.1 Å². The molecular weight excluding hydrogens is 252 g/mol. The van der Waals surface area contributed by atoms with Gasteiger partial charge in [0.15, 0.2) is 0 Å². The summed E-state index contributed by atoms with van der Waals surface area (Å²) in [6.45, 7) is 3.11. The normalized spacial score (nSPS) is 19.2. The Bertz CT molecular complexity index is 534. The summed E-state index contributed by atoms with van der Waals surface area (Å²) in [6, 6.07) is 7.46. The van der Waals surface area contributed by atoms with Crippen LogP contribution in [0.2, 0.25) is 0 Å². The highest BCUT2D eigenvalue weighted by Gasteiger charge is 2.22. The van der Waals surface area contributed by atoms with E-state index < -0.39 is 5.97 Å². The number of nitrogens with zero attached hydrogens (tertiary/aromatic N) is 2. The molecule has 2 rings (SSSR count). The summed E-state index contributed by atoms with van der Waals surface area (Å²) in [5.74, 6) is -0.990. The van der Waals surface area contributed by atoms with Crippen LogP contribution in [0.4, 0.5) is 5.69 Å². The van der Waals surface area contributed by atoms with Gasteiger partial charge in [0.05, 0.1) is 16.8 Å². The van der Waals surface area contributed by atoms with Gasteiger partial charge >= 0.3 is 5.97 Å². The summed E-state index contributed by atoms with van der Waals surface area (Å²) in [5, 5.41) is 18.3. The van der Waals surface area contributed by atoms with Crippen LogP contribution in [0, 0.1) is 11.3 Å². The molecule has 1 unspecified atom stereocenters. The minimum atomic E-state index is -0.990. The van der Waals surface area contributed by atoms with Gasteiger partial charge in [0, 0.05) is 12.6 Å². The first-order chi connectivity index (χ1) is 9.67. The molecule has 0 amide bonds. The van der Waals surface area contributed by atoms with Gasteiger partial charge in [-0.15, -0.1) is 0 Å². The molecule has 1 fully saturated rings. The average molecular weight is 272 g/mol. The molecule has 0 aromatic heterocycles. The molecule has 4 nitrogen and oxygen atoms in total. The monoisotopic (exact) mass is 272 g/mol. The molecule has 0 spiro atoms. The summed E-state index contributed by atoms with van der Waals surface area (Å²) in [6.07, 6.45) is 5.77. The fourth-order valence-electron chi connectivity index (χ4n) is 2.93. The minimum absolute atomic E-state index is 0.174. The molecule has 1 aliphatic rings. The van der Waals surface area contributed by atoms with Crippen molar-refractivity contribution in [2.45, 2.75) is 45.1 Å². The number of anilines is 1. The van der Waals surface area contributed by atoms with Crippen LogP contribution >= 0.6 is 0 Å². The number of carbonyl (C=O) groups is 1. The average Bonchev–Trinajstić information content (AvgIpc) is 2.71. The fourth-order valence-corrected chi connectivity index (χ4v) is 2.93. The smallest absolute Gasteiger partial charge is 0.335 e. The van der Waals surface area contributed by atoms with Crippen LogP contribution in [-0.2, 0) is 0 Å². The van der Waals surface area contributed by atoms with Crippen molar-refractivity contribution >= 4 is 11.7 Å². The van der Waals surface area contributed by atoms with Gasteiger partial charge in [-0.3, -0.25) is 0 Å². The fraction of sp³-hybridized carbons (Fsp3) is 0.500. The quantitative estimate of drug-likeness (QED) is 0.915. The standard InChI is InChI=1S/C16H20N2O2/c1-2-14-6-4-3-5-9-18(14)15-8-7-12(16(19)20)10-13(15)11-17/h7-8,10,14H,2-6,9H2,1H3,(H,19,20). The Balaban J connectivity index is 2.39. The molecule has 0 aliphatic carbocycles. The van der Waals surface area contributed by atoms with Gasteiger partial charge in [-0.1, -0.05) is 19.8 Å². The molecule has 4 heteroatoms. The van der Waals surface area contributed by atoms with Gasteiger partial charge in [-0.2, -0.15) is 5.26 Å². The second-order valence-electron chi connectivity index (χ2n) is 5.25. The van der Waals surface area contributed by atoms with Crippen LogP contribution in [0.5, 0.6) is 0 Å². The number of hydrogen-bond donors (Lipinski definition) is 1. The summed E-state index contributed by atoms with van der Waals surface area (Å²) in [4.78, 5) is 13.3. The van der Waals surface area contributed by atoms with Crippen molar-refractivity contribution in [3.8, 4) is 6.07 Å². The third-order valence-electron chi connectivity index (χ3n) is 4.02. The first-order valence-corrected chi connectivity index (χ1v) is 7.21. The van der Waals surface area contributed by atoms with Crippen LogP contribution < -0.4 is 4.90 Å². The second-order valence-corrected chi connectivity index (χ2v) is 5.25. The molecule has 106 valence electrons. The SMILES string of the molecule is CCC1CCCCCN1c1ccc(C(=O)O)cc1C#N. The Kier molecular flexibility index (Phi) is 4.62. The molecule has 1 atom stereocenters. The van der Waals surface area contributed by atoms with E-state index in [2.05, 4.69) is 17.9 Å². The number of benzene rings is 1. The Hall–Kier alpha value is -2.02. The van der Waals surface area contributed by atoms with Crippen molar-refractivity contribution in [2.24, 2.45) is 0 Å². The maximum atomic E-state index is 11.0. The Labute approximate surface area is 119 Å². The van der Waals surface area contributed by atoms with Gasteiger partial charge < -0.3 is 10.0 Å². The predicted molar refractivity (Wildman–Crippen MR) is 78.0 cm³/mol. The lowest BCUT2D eigenvalue weighted by Crippen LogP contribution is -2.35. The number of aromatic carboxylic acids is 1. The van der Waals surface area contributed by atoms with E-state index in [1.165, 1.54) is 18.9 Å². The molecular formula is C16H20N2O2.